The van der Waals surface area contributed by atoms with Gasteiger partial charge in [0.05, 0.1) is 6.17 Å². The number of carbonyl (C=O) groups excluding carboxylic acids is 1. The van der Waals surface area contributed by atoms with Crippen LogP contribution in [0.1, 0.15) is 38.7 Å². The van der Waals surface area contributed by atoms with Gasteiger partial charge < -0.3 is 10.6 Å². The minimum atomic E-state index is -4.23. The summed E-state index contributed by atoms with van der Waals surface area (Å²) in [5.74, 6) is -0.154. The average molecular weight is 507 g/mol. The van der Waals surface area contributed by atoms with Crippen LogP contribution in [0.15, 0.2) is 48.5 Å². The van der Waals surface area contributed by atoms with E-state index in [1.165, 1.54) is 13.8 Å². The summed E-state index contributed by atoms with van der Waals surface area (Å²) in [6.07, 6.45) is 7.39. The van der Waals surface area contributed by atoms with Crippen LogP contribution < -0.4 is 10.6 Å². The molecule has 3 aliphatic heterocycles. The third-order valence-electron chi connectivity index (χ3n) is 7.70. The van der Waals surface area contributed by atoms with Crippen molar-refractivity contribution in [3.05, 3.63) is 54.0 Å². The van der Waals surface area contributed by atoms with Crippen LogP contribution >= 0.6 is 0 Å². The molecular weight excluding hydrogens is 469 g/mol. The molecule has 4 heterocycles. The number of likely N-dealkylation sites (tertiary alicyclic amines) is 1. The SMILES string of the molecule is CC(C)(N1CCC(N2CCCN(C3C=CC=C(C(=O)NCc4cccnc4)N3)CC2)CC1)C(F)(F)F. The number of hydrogen-bond donors (Lipinski definition) is 2. The quantitative estimate of drug-likeness (QED) is 0.619. The Kier molecular flexibility index (Phi) is 8.37. The number of alkyl halides is 3. The molecule has 36 heavy (non-hydrogen) atoms. The van der Waals surface area contributed by atoms with Crippen molar-refractivity contribution in [1.82, 2.24) is 30.3 Å². The standard InChI is InChI=1S/C26H37F3N6O/c1-25(2,26(27,28)29)35-14-9-21(10-15-35)33-12-5-13-34(17-16-33)23-8-3-7-22(32-23)24(36)31-19-20-6-4-11-30-18-20/h3-4,6-8,11,18,21,23,32H,5,9-10,12-17,19H2,1-2H3,(H,31,36). The predicted molar refractivity (Wildman–Crippen MR) is 133 cm³/mol. The van der Waals surface area contributed by atoms with Gasteiger partial charge in [-0.2, -0.15) is 13.2 Å². The van der Waals surface area contributed by atoms with Crippen molar-refractivity contribution in [3.63, 3.8) is 0 Å². The van der Waals surface area contributed by atoms with Crippen molar-refractivity contribution in [2.75, 3.05) is 39.3 Å². The van der Waals surface area contributed by atoms with E-state index in [1.54, 1.807) is 23.4 Å². The first-order valence-electron chi connectivity index (χ1n) is 12.8. The van der Waals surface area contributed by atoms with E-state index in [9.17, 15) is 18.0 Å². The van der Waals surface area contributed by atoms with Crippen LogP contribution in [0.5, 0.6) is 0 Å². The molecule has 1 amide bonds. The maximum atomic E-state index is 13.4. The maximum absolute atomic E-state index is 13.4. The van der Waals surface area contributed by atoms with E-state index in [-0.39, 0.29) is 12.1 Å². The summed E-state index contributed by atoms with van der Waals surface area (Å²) in [6.45, 7) is 7.44. The molecule has 0 aliphatic carbocycles. The van der Waals surface area contributed by atoms with Gasteiger partial charge in [0.1, 0.15) is 11.2 Å². The Labute approximate surface area is 211 Å². The lowest BCUT2D eigenvalue weighted by Crippen LogP contribution is -2.58. The van der Waals surface area contributed by atoms with Crippen molar-refractivity contribution >= 4 is 5.91 Å². The lowest BCUT2D eigenvalue weighted by Gasteiger charge is -2.45. The smallest absolute Gasteiger partial charge is 0.362 e. The van der Waals surface area contributed by atoms with Gasteiger partial charge >= 0.3 is 6.18 Å². The highest BCUT2D eigenvalue weighted by molar-refractivity contribution is 5.93. The van der Waals surface area contributed by atoms with Crippen molar-refractivity contribution in [3.8, 4) is 0 Å². The number of aromatic nitrogens is 1. The van der Waals surface area contributed by atoms with Gasteiger partial charge in [0, 0.05) is 57.7 Å². The van der Waals surface area contributed by atoms with E-state index in [2.05, 4.69) is 31.5 Å². The van der Waals surface area contributed by atoms with Gasteiger partial charge in [0.25, 0.3) is 5.91 Å². The summed E-state index contributed by atoms with van der Waals surface area (Å²) in [5.41, 5.74) is -0.316. The molecule has 1 aromatic heterocycles. The molecule has 2 N–H and O–H groups in total. The average Bonchev–Trinajstić information content (AvgIpc) is 3.14. The molecule has 2 fully saturated rings. The second-order valence-corrected chi connectivity index (χ2v) is 10.3. The van der Waals surface area contributed by atoms with Crippen LogP contribution in [-0.4, -0.2) is 88.8 Å². The highest BCUT2D eigenvalue weighted by atomic mass is 19.4. The fourth-order valence-corrected chi connectivity index (χ4v) is 5.22. The van der Waals surface area contributed by atoms with Gasteiger partial charge in [-0.25, -0.2) is 0 Å². The zero-order chi connectivity index (χ0) is 25.8. The zero-order valence-corrected chi connectivity index (χ0v) is 21.1. The Morgan fingerprint density at radius 2 is 1.83 bits per heavy atom. The molecule has 3 aliphatic rings. The van der Waals surface area contributed by atoms with Crippen molar-refractivity contribution < 1.29 is 18.0 Å². The highest BCUT2D eigenvalue weighted by Crippen LogP contribution is 2.37. The third kappa shape index (κ3) is 6.27. The number of allylic oxidation sites excluding steroid dienone is 2. The summed E-state index contributed by atoms with van der Waals surface area (Å²) >= 11 is 0. The molecular formula is C26H37F3N6O. The summed E-state index contributed by atoms with van der Waals surface area (Å²) < 4.78 is 40.3. The zero-order valence-electron chi connectivity index (χ0n) is 21.1. The molecule has 10 heteroatoms. The van der Waals surface area contributed by atoms with Crippen LogP contribution in [0.25, 0.3) is 0 Å². The van der Waals surface area contributed by atoms with Crippen LogP contribution in [-0.2, 0) is 11.3 Å². The predicted octanol–water partition coefficient (Wildman–Crippen LogP) is 2.88. The lowest BCUT2D eigenvalue weighted by atomic mass is 9.95. The molecule has 7 nitrogen and oxygen atoms in total. The normalized spacial score (nSPS) is 23.6. The number of carbonyl (C=O) groups is 1. The molecule has 0 radical (unpaired) electrons. The first-order valence-corrected chi connectivity index (χ1v) is 12.8. The first kappa shape index (κ1) is 26.6. The van der Waals surface area contributed by atoms with E-state index >= 15 is 0 Å². The van der Waals surface area contributed by atoms with Gasteiger partial charge in [-0.1, -0.05) is 12.1 Å². The largest absolute Gasteiger partial charge is 0.406 e. The van der Waals surface area contributed by atoms with Gasteiger partial charge in [-0.3, -0.25) is 24.5 Å². The van der Waals surface area contributed by atoms with E-state index in [0.29, 0.717) is 31.4 Å². The van der Waals surface area contributed by atoms with Crippen LogP contribution in [0.3, 0.4) is 0 Å². The van der Waals surface area contributed by atoms with Gasteiger partial charge in [0.15, 0.2) is 0 Å². The number of piperidine rings is 1. The fraction of sp³-hybridized carbons (Fsp3) is 0.615. The summed E-state index contributed by atoms with van der Waals surface area (Å²) in [6, 6.07) is 4.07. The Bertz CT molecular complexity index is 941. The molecule has 1 aromatic rings. The molecule has 0 spiro atoms. The molecule has 4 rings (SSSR count). The van der Waals surface area contributed by atoms with E-state index in [4.69, 9.17) is 0 Å². The molecule has 1 unspecified atom stereocenters. The highest BCUT2D eigenvalue weighted by Gasteiger charge is 2.51. The fourth-order valence-electron chi connectivity index (χ4n) is 5.22. The van der Waals surface area contributed by atoms with Crippen LogP contribution in [0, 0.1) is 0 Å². The molecule has 0 bridgehead atoms. The number of amides is 1. The van der Waals surface area contributed by atoms with E-state index < -0.39 is 11.7 Å². The lowest BCUT2D eigenvalue weighted by molar-refractivity contribution is -0.224. The summed E-state index contributed by atoms with van der Waals surface area (Å²) in [5, 5.41) is 6.29. The molecule has 0 saturated carbocycles. The van der Waals surface area contributed by atoms with Gasteiger partial charge in [-0.05, 0) is 63.4 Å². The third-order valence-corrected chi connectivity index (χ3v) is 7.70. The molecule has 1 atom stereocenters. The Balaban J connectivity index is 1.25. The molecule has 198 valence electrons. The van der Waals surface area contributed by atoms with Crippen molar-refractivity contribution in [1.29, 1.82) is 0 Å². The number of pyridine rings is 1. The van der Waals surface area contributed by atoms with Gasteiger partial charge in [0.2, 0.25) is 0 Å². The van der Waals surface area contributed by atoms with Crippen molar-refractivity contribution in [2.24, 2.45) is 0 Å². The van der Waals surface area contributed by atoms with E-state index in [0.717, 1.165) is 51.0 Å². The second-order valence-electron chi connectivity index (χ2n) is 10.3. The number of halogens is 3. The molecule has 0 aromatic carbocycles. The number of dihydropyridines is 1. The minimum absolute atomic E-state index is 0.0662. The van der Waals surface area contributed by atoms with E-state index in [1.807, 2.05) is 18.2 Å². The van der Waals surface area contributed by atoms with Gasteiger partial charge in [-0.15, -0.1) is 0 Å². The Morgan fingerprint density at radius 1 is 1.11 bits per heavy atom. The summed E-state index contributed by atoms with van der Waals surface area (Å²) in [7, 11) is 0. The number of rotatable bonds is 6. The number of nitrogens with zero attached hydrogens (tertiary/aromatic N) is 4. The maximum Gasteiger partial charge on any atom is 0.406 e. The Hall–Kier alpha value is -2.43. The molecule has 2 saturated heterocycles. The minimum Gasteiger partial charge on any atom is -0.362 e. The topological polar surface area (TPSA) is 63.7 Å². The van der Waals surface area contributed by atoms with Crippen molar-refractivity contribution in [2.45, 2.75) is 63.6 Å². The number of nitrogens with one attached hydrogen (secondary N) is 2. The van der Waals surface area contributed by atoms with Crippen LogP contribution in [0.2, 0.25) is 0 Å². The monoisotopic (exact) mass is 506 g/mol. The van der Waals surface area contributed by atoms with Crippen LogP contribution in [0.4, 0.5) is 13.2 Å². The number of hydrogen-bond acceptors (Lipinski definition) is 6. The first-order chi connectivity index (χ1) is 17.1. The summed E-state index contributed by atoms with van der Waals surface area (Å²) in [4.78, 5) is 23.1. The second kappa shape index (κ2) is 11.3. The Morgan fingerprint density at radius 3 is 2.53 bits per heavy atom.